The van der Waals surface area contributed by atoms with Crippen molar-refractivity contribution in [3.8, 4) is 22.7 Å². The van der Waals surface area contributed by atoms with Crippen molar-refractivity contribution in [3.63, 3.8) is 0 Å². The summed E-state index contributed by atoms with van der Waals surface area (Å²) < 4.78 is 6.70. The van der Waals surface area contributed by atoms with E-state index in [0.29, 0.717) is 29.3 Å². The van der Waals surface area contributed by atoms with E-state index in [4.69, 9.17) is 10.5 Å². The van der Waals surface area contributed by atoms with Crippen molar-refractivity contribution in [2.24, 2.45) is 0 Å². The van der Waals surface area contributed by atoms with Crippen molar-refractivity contribution in [1.29, 1.82) is 0 Å². The maximum absolute atomic E-state index is 13.0. The van der Waals surface area contributed by atoms with E-state index >= 15 is 0 Å². The van der Waals surface area contributed by atoms with Gasteiger partial charge in [-0.3, -0.25) is 4.79 Å². The SMILES string of the molecule is CCN(C)c1cc(-c2cccc(OC)c2)nn(-c2cccc(N)c2)c1=O. The first-order valence-corrected chi connectivity index (χ1v) is 8.39. The zero-order valence-corrected chi connectivity index (χ0v) is 15.1. The van der Waals surface area contributed by atoms with Crippen LogP contribution in [0, 0.1) is 0 Å². The molecule has 3 rings (SSSR count). The molecule has 0 fully saturated rings. The molecule has 0 aliphatic carbocycles. The molecular formula is C20H22N4O2. The molecule has 0 radical (unpaired) electrons. The highest BCUT2D eigenvalue weighted by Crippen LogP contribution is 2.24. The number of methoxy groups -OCH3 is 1. The molecule has 6 nitrogen and oxygen atoms in total. The Labute approximate surface area is 152 Å². The highest BCUT2D eigenvalue weighted by Gasteiger charge is 2.14. The molecule has 0 saturated heterocycles. The summed E-state index contributed by atoms with van der Waals surface area (Å²) in [7, 11) is 3.51. The van der Waals surface area contributed by atoms with Gasteiger partial charge in [-0.1, -0.05) is 18.2 Å². The summed E-state index contributed by atoms with van der Waals surface area (Å²) >= 11 is 0. The van der Waals surface area contributed by atoms with Gasteiger partial charge in [-0.15, -0.1) is 0 Å². The average molecular weight is 350 g/mol. The first-order chi connectivity index (χ1) is 12.5. The Morgan fingerprint density at radius 2 is 1.92 bits per heavy atom. The van der Waals surface area contributed by atoms with E-state index in [2.05, 4.69) is 5.10 Å². The third kappa shape index (κ3) is 3.39. The lowest BCUT2D eigenvalue weighted by Crippen LogP contribution is -2.30. The molecule has 0 bridgehead atoms. The lowest BCUT2D eigenvalue weighted by molar-refractivity contribution is 0.415. The maximum atomic E-state index is 13.0. The normalized spacial score (nSPS) is 10.6. The van der Waals surface area contributed by atoms with Crippen molar-refractivity contribution in [3.05, 3.63) is 65.0 Å². The van der Waals surface area contributed by atoms with Crippen LogP contribution in [0.3, 0.4) is 0 Å². The number of nitrogen functional groups attached to an aromatic ring is 1. The molecule has 2 N–H and O–H groups in total. The molecule has 0 aliphatic rings. The predicted octanol–water partition coefficient (Wildman–Crippen LogP) is 2.95. The van der Waals surface area contributed by atoms with Crippen LogP contribution in [0.4, 0.5) is 11.4 Å². The zero-order chi connectivity index (χ0) is 18.7. The first-order valence-electron chi connectivity index (χ1n) is 8.39. The molecule has 26 heavy (non-hydrogen) atoms. The van der Waals surface area contributed by atoms with E-state index in [1.165, 1.54) is 4.68 Å². The van der Waals surface area contributed by atoms with E-state index in [-0.39, 0.29) is 5.56 Å². The van der Waals surface area contributed by atoms with Crippen molar-refractivity contribution >= 4 is 11.4 Å². The molecule has 0 aliphatic heterocycles. The van der Waals surface area contributed by atoms with Crippen LogP contribution in [0.15, 0.2) is 59.4 Å². The van der Waals surface area contributed by atoms with Gasteiger partial charge in [-0.25, -0.2) is 0 Å². The van der Waals surface area contributed by atoms with Crippen LogP contribution in [-0.4, -0.2) is 30.5 Å². The monoisotopic (exact) mass is 350 g/mol. The third-order valence-corrected chi connectivity index (χ3v) is 4.26. The molecule has 0 saturated carbocycles. The van der Waals surface area contributed by atoms with Gasteiger partial charge in [-0.05, 0) is 43.3 Å². The largest absolute Gasteiger partial charge is 0.497 e. The molecule has 0 amide bonds. The molecule has 1 aromatic heterocycles. The van der Waals surface area contributed by atoms with Gasteiger partial charge in [0, 0.05) is 24.8 Å². The number of ether oxygens (including phenoxy) is 1. The van der Waals surface area contributed by atoms with Gasteiger partial charge in [0.25, 0.3) is 5.56 Å². The standard InChI is InChI=1S/C20H22N4O2/c1-4-23(2)19-13-18(14-7-5-10-17(11-14)26-3)22-24(20(19)25)16-9-6-8-15(21)12-16/h5-13H,4,21H2,1-3H3. The van der Waals surface area contributed by atoms with Gasteiger partial charge >= 0.3 is 0 Å². The minimum atomic E-state index is -0.188. The van der Waals surface area contributed by atoms with E-state index in [1.807, 2.05) is 55.3 Å². The minimum absolute atomic E-state index is 0.188. The van der Waals surface area contributed by atoms with Crippen molar-refractivity contribution in [2.75, 3.05) is 31.3 Å². The molecule has 0 atom stereocenters. The minimum Gasteiger partial charge on any atom is -0.497 e. The summed E-state index contributed by atoms with van der Waals surface area (Å²) in [5, 5.41) is 4.57. The van der Waals surface area contributed by atoms with Crippen LogP contribution in [0.2, 0.25) is 0 Å². The lowest BCUT2D eigenvalue weighted by Gasteiger charge is -2.19. The number of nitrogens with two attached hydrogens (primary N) is 1. The number of nitrogens with zero attached hydrogens (tertiary/aromatic N) is 3. The van der Waals surface area contributed by atoms with Crippen LogP contribution in [0.1, 0.15) is 6.92 Å². The summed E-state index contributed by atoms with van der Waals surface area (Å²) in [6.07, 6.45) is 0. The highest BCUT2D eigenvalue weighted by molar-refractivity contribution is 5.65. The van der Waals surface area contributed by atoms with Gasteiger partial charge in [0.1, 0.15) is 11.4 Å². The number of aromatic nitrogens is 2. The van der Waals surface area contributed by atoms with E-state index in [0.717, 1.165) is 11.3 Å². The van der Waals surface area contributed by atoms with Crippen LogP contribution in [-0.2, 0) is 0 Å². The molecule has 134 valence electrons. The van der Waals surface area contributed by atoms with Gasteiger partial charge < -0.3 is 15.4 Å². The van der Waals surface area contributed by atoms with Crippen molar-refractivity contribution in [2.45, 2.75) is 6.92 Å². The molecule has 6 heteroatoms. The maximum Gasteiger partial charge on any atom is 0.295 e. The second-order valence-corrected chi connectivity index (χ2v) is 5.97. The fourth-order valence-corrected chi connectivity index (χ4v) is 2.68. The van der Waals surface area contributed by atoms with Crippen molar-refractivity contribution < 1.29 is 4.74 Å². The number of rotatable bonds is 5. The predicted molar refractivity (Wildman–Crippen MR) is 105 cm³/mol. The van der Waals surface area contributed by atoms with Crippen LogP contribution < -0.4 is 20.9 Å². The van der Waals surface area contributed by atoms with Crippen molar-refractivity contribution in [1.82, 2.24) is 9.78 Å². The Morgan fingerprint density at radius 3 is 2.62 bits per heavy atom. The highest BCUT2D eigenvalue weighted by atomic mass is 16.5. The molecule has 1 heterocycles. The van der Waals surface area contributed by atoms with Crippen LogP contribution in [0.25, 0.3) is 16.9 Å². The van der Waals surface area contributed by atoms with Gasteiger partial charge in [0.05, 0.1) is 18.5 Å². The number of benzene rings is 2. The molecular weight excluding hydrogens is 328 g/mol. The Kier molecular flexibility index (Phi) is 4.93. The molecule has 0 spiro atoms. The fraction of sp³-hybridized carbons (Fsp3) is 0.200. The van der Waals surface area contributed by atoms with Gasteiger partial charge in [0.15, 0.2) is 0 Å². The fourth-order valence-electron chi connectivity index (χ4n) is 2.68. The molecule has 2 aromatic carbocycles. The lowest BCUT2D eigenvalue weighted by atomic mass is 10.1. The number of hydrogen-bond donors (Lipinski definition) is 1. The summed E-state index contributed by atoms with van der Waals surface area (Å²) in [6.45, 7) is 2.70. The van der Waals surface area contributed by atoms with E-state index < -0.39 is 0 Å². The van der Waals surface area contributed by atoms with E-state index in [9.17, 15) is 4.79 Å². The summed E-state index contributed by atoms with van der Waals surface area (Å²) in [5.74, 6) is 0.733. The van der Waals surface area contributed by atoms with Gasteiger partial charge in [-0.2, -0.15) is 9.78 Å². The second-order valence-electron chi connectivity index (χ2n) is 5.97. The number of anilines is 2. The summed E-state index contributed by atoms with van der Waals surface area (Å²) in [5.41, 5.74) is 9.03. The van der Waals surface area contributed by atoms with Crippen LogP contribution in [0.5, 0.6) is 5.75 Å². The smallest absolute Gasteiger partial charge is 0.295 e. The van der Waals surface area contributed by atoms with Gasteiger partial charge in [0.2, 0.25) is 0 Å². The Bertz CT molecular complexity index is 982. The Balaban J connectivity index is 2.25. The summed E-state index contributed by atoms with van der Waals surface area (Å²) in [4.78, 5) is 14.9. The quantitative estimate of drug-likeness (QED) is 0.716. The topological polar surface area (TPSA) is 73.4 Å². The third-order valence-electron chi connectivity index (χ3n) is 4.26. The molecule has 0 unspecified atom stereocenters. The Morgan fingerprint density at radius 1 is 1.15 bits per heavy atom. The number of hydrogen-bond acceptors (Lipinski definition) is 5. The Hall–Kier alpha value is -3.28. The zero-order valence-electron chi connectivity index (χ0n) is 15.1. The molecule has 3 aromatic rings. The average Bonchev–Trinajstić information content (AvgIpc) is 2.67. The van der Waals surface area contributed by atoms with Crippen LogP contribution >= 0.6 is 0 Å². The first kappa shape index (κ1) is 17.5. The van der Waals surface area contributed by atoms with E-state index in [1.54, 1.807) is 25.3 Å². The summed E-state index contributed by atoms with van der Waals surface area (Å²) in [6, 6.07) is 16.5. The second kappa shape index (κ2) is 7.31.